The molecular weight excluding hydrogens is 320 g/mol. The molecule has 2 heterocycles. The average Bonchev–Trinajstić information content (AvgIpc) is 3.34. The van der Waals surface area contributed by atoms with Crippen LogP contribution in [0.15, 0.2) is 76.0 Å². The molecule has 0 bridgehead atoms. The highest BCUT2D eigenvalue weighted by molar-refractivity contribution is 5.91. The van der Waals surface area contributed by atoms with Crippen LogP contribution in [0, 0.1) is 0 Å². The molecule has 0 radical (unpaired) electrons. The Labute approximate surface area is 144 Å². The number of hydrogen-bond acceptors (Lipinski definition) is 4. The third-order valence-corrected chi connectivity index (χ3v) is 3.65. The van der Waals surface area contributed by atoms with E-state index in [1.54, 1.807) is 24.5 Å². The average molecular weight is 338 g/mol. The molecule has 6 nitrogen and oxygen atoms in total. The number of benzene rings is 1. The molecule has 0 saturated carbocycles. The summed E-state index contributed by atoms with van der Waals surface area (Å²) in [6.45, 7) is 0.213. The van der Waals surface area contributed by atoms with E-state index in [2.05, 4.69) is 10.6 Å². The molecule has 128 valence electrons. The van der Waals surface area contributed by atoms with Gasteiger partial charge in [-0.15, -0.1) is 0 Å². The zero-order chi connectivity index (χ0) is 17.5. The topological polar surface area (TPSA) is 84.5 Å². The Balaban J connectivity index is 1.57. The highest BCUT2D eigenvalue weighted by Gasteiger charge is 2.19. The molecule has 1 unspecified atom stereocenters. The fourth-order valence-electron chi connectivity index (χ4n) is 2.44. The Hall–Kier alpha value is -3.28. The number of furan rings is 2. The second-order valence-corrected chi connectivity index (χ2v) is 5.41. The van der Waals surface area contributed by atoms with Gasteiger partial charge in [0.25, 0.3) is 5.91 Å². The maximum absolute atomic E-state index is 12.3. The summed E-state index contributed by atoms with van der Waals surface area (Å²) in [6, 6.07) is 16.0. The van der Waals surface area contributed by atoms with Crippen molar-refractivity contribution in [3.63, 3.8) is 0 Å². The first kappa shape index (κ1) is 16.6. The van der Waals surface area contributed by atoms with Crippen molar-refractivity contribution in [3.05, 3.63) is 84.2 Å². The Morgan fingerprint density at radius 1 is 0.920 bits per heavy atom. The summed E-state index contributed by atoms with van der Waals surface area (Å²) in [5.74, 6) is 0.339. The van der Waals surface area contributed by atoms with Gasteiger partial charge in [-0.2, -0.15) is 0 Å². The normalized spacial score (nSPS) is 11.7. The first-order valence-electron chi connectivity index (χ1n) is 7.93. The van der Waals surface area contributed by atoms with Gasteiger partial charge < -0.3 is 19.5 Å². The van der Waals surface area contributed by atoms with Crippen LogP contribution in [0.1, 0.15) is 34.3 Å². The summed E-state index contributed by atoms with van der Waals surface area (Å²) in [5.41, 5.74) is 0.922. The van der Waals surface area contributed by atoms with Crippen LogP contribution in [0.3, 0.4) is 0 Å². The van der Waals surface area contributed by atoms with Crippen molar-refractivity contribution in [2.75, 3.05) is 6.54 Å². The van der Waals surface area contributed by atoms with E-state index in [1.165, 1.54) is 6.26 Å². The molecule has 2 amide bonds. The lowest BCUT2D eigenvalue weighted by Gasteiger charge is -2.17. The Kier molecular flexibility index (Phi) is 5.31. The number of amides is 2. The van der Waals surface area contributed by atoms with Gasteiger partial charge in [0.05, 0.1) is 12.5 Å². The largest absolute Gasteiger partial charge is 0.467 e. The maximum Gasteiger partial charge on any atom is 0.286 e. The molecule has 6 heteroatoms. The predicted molar refractivity (Wildman–Crippen MR) is 90.8 cm³/mol. The van der Waals surface area contributed by atoms with Crippen LogP contribution in [-0.2, 0) is 4.79 Å². The first-order valence-corrected chi connectivity index (χ1v) is 7.93. The molecule has 0 aliphatic carbocycles. The Bertz CT molecular complexity index is 795. The maximum atomic E-state index is 12.3. The van der Waals surface area contributed by atoms with Crippen LogP contribution in [-0.4, -0.2) is 18.4 Å². The third-order valence-electron chi connectivity index (χ3n) is 3.65. The molecule has 2 N–H and O–H groups in total. The summed E-state index contributed by atoms with van der Waals surface area (Å²) in [5, 5.41) is 5.58. The minimum Gasteiger partial charge on any atom is -0.467 e. The summed E-state index contributed by atoms with van der Waals surface area (Å²) < 4.78 is 10.4. The third kappa shape index (κ3) is 4.38. The second-order valence-electron chi connectivity index (χ2n) is 5.41. The molecular formula is C19H18N2O4. The highest BCUT2D eigenvalue weighted by atomic mass is 16.3. The van der Waals surface area contributed by atoms with Crippen molar-refractivity contribution >= 4 is 11.8 Å². The molecule has 0 fully saturated rings. The van der Waals surface area contributed by atoms with Crippen LogP contribution in [0.5, 0.6) is 0 Å². The van der Waals surface area contributed by atoms with Gasteiger partial charge in [0.2, 0.25) is 5.91 Å². The van der Waals surface area contributed by atoms with Crippen LogP contribution in [0.2, 0.25) is 0 Å². The first-order chi connectivity index (χ1) is 12.2. The zero-order valence-corrected chi connectivity index (χ0v) is 13.5. The van der Waals surface area contributed by atoms with Gasteiger partial charge in [-0.1, -0.05) is 30.3 Å². The number of carbonyl (C=O) groups excluding carboxylic acids is 2. The molecule has 0 aliphatic rings. The van der Waals surface area contributed by atoms with Crippen molar-refractivity contribution in [3.8, 4) is 0 Å². The molecule has 1 aromatic carbocycles. The van der Waals surface area contributed by atoms with Gasteiger partial charge in [-0.05, 0) is 29.8 Å². The van der Waals surface area contributed by atoms with Gasteiger partial charge in [0.1, 0.15) is 11.8 Å². The Morgan fingerprint density at radius 3 is 2.36 bits per heavy atom. The summed E-state index contributed by atoms with van der Waals surface area (Å²) in [7, 11) is 0. The minimum absolute atomic E-state index is 0.149. The van der Waals surface area contributed by atoms with Gasteiger partial charge in [-0.25, -0.2) is 0 Å². The van der Waals surface area contributed by atoms with E-state index in [1.807, 2.05) is 36.4 Å². The van der Waals surface area contributed by atoms with Crippen molar-refractivity contribution in [1.82, 2.24) is 10.6 Å². The number of carbonyl (C=O) groups is 2. The number of rotatable bonds is 7. The fourth-order valence-corrected chi connectivity index (χ4v) is 2.44. The van der Waals surface area contributed by atoms with Crippen molar-refractivity contribution in [2.24, 2.45) is 0 Å². The minimum atomic E-state index is -0.371. The molecule has 0 spiro atoms. The lowest BCUT2D eigenvalue weighted by Crippen LogP contribution is -2.33. The van der Waals surface area contributed by atoms with Crippen LogP contribution in [0.25, 0.3) is 0 Å². The highest BCUT2D eigenvalue weighted by Crippen LogP contribution is 2.22. The Morgan fingerprint density at radius 2 is 1.68 bits per heavy atom. The predicted octanol–water partition coefficient (Wildman–Crippen LogP) is 2.90. The lowest BCUT2D eigenvalue weighted by atomic mass is 10.0. The van der Waals surface area contributed by atoms with E-state index in [-0.39, 0.29) is 36.6 Å². The van der Waals surface area contributed by atoms with E-state index in [4.69, 9.17) is 8.83 Å². The zero-order valence-electron chi connectivity index (χ0n) is 13.5. The summed E-state index contributed by atoms with van der Waals surface area (Å²) >= 11 is 0. The quantitative estimate of drug-likeness (QED) is 0.694. The van der Waals surface area contributed by atoms with Crippen molar-refractivity contribution in [1.29, 1.82) is 0 Å². The van der Waals surface area contributed by atoms with Crippen LogP contribution >= 0.6 is 0 Å². The van der Waals surface area contributed by atoms with E-state index < -0.39 is 0 Å². The van der Waals surface area contributed by atoms with E-state index in [9.17, 15) is 9.59 Å². The molecule has 25 heavy (non-hydrogen) atoms. The fraction of sp³-hybridized carbons (Fsp3) is 0.158. The molecule has 0 saturated heterocycles. The summed E-state index contributed by atoms with van der Waals surface area (Å²) in [4.78, 5) is 24.0. The van der Waals surface area contributed by atoms with Crippen LogP contribution in [0.4, 0.5) is 0 Å². The standard InChI is InChI=1S/C19H18N2O4/c22-17(10-11-20-19(23)16-9-5-13-25-16)21-18(15-8-4-12-24-15)14-6-2-1-3-7-14/h1-9,12-13,18H,10-11H2,(H,20,23)(H,21,22). The molecule has 3 rings (SSSR count). The monoisotopic (exact) mass is 338 g/mol. The van der Waals surface area contributed by atoms with E-state index in [0.717, 1.165) is 5.56 Å². The van der Waals surface area contributed by atoms with Gasteiger partial charge >= 0.3 is 0 Å². The van der Waals surface area contributed by atoms with Crippen molar-refractivity contribution in [2.45, 2.75) is 12.5 Å². The van der Waals surface area contributed by atoms with Gasteiger partial charge in [0.15, 0.2) is 5.76 Å². The number of nitrogens with one attached hydrogen (secondary N) is 2. The summed E-state index contributed by atoms with van der Waals surface area (Å²) in [6.07, 6.45) is 3.15. The van der Waals surface area contributed by atoms with Gasteiger partial charge in [-0.3, -0.25) is 9.59 Å². The molecule has 0 aliphatic heterocycles. The molecule has 2 aromatic heterocycles. The SMILES string of the molecule is O=C(CCNC(=O)c1ccco1)NC(c1ccccc1)c1ccco1. The second kappa shape index (κ2) is 8.01. The van der Waals surface area contributed by atoms with E-state index in [0.29, 0.717) is 5.76 Å². The lowest BCUT2D eigenvalue weighted by molar-refractivity contribution is -0.121. The molecule has 3 aromatic rings. The van der Waals surface area contributed by atoms with Gasteiger partial charge in [0, 0.05) is 13.0 Å². The van der Waals surface area contributed by atoms with Crippen LogP contribution < -0.4 is 10.6 Å². The number of hydrogen-bond donors (Lipinski definition) is 2. The van der Waals surface area contributed by atoms with E-state index >= 15 is 0 Å². The molecule has 1 atom stereocenters. The smallest absolute Gasteiger partial charge is 0.286 e. The van der Waals surface area contributed by atoms with Crippen molar-refractivity contribution < 1.29 is 18.4 Å².